The van der Waals surface area contributed by atoms with Crippen molar-refractivity contribution in [2.75, 3.05) is 0 Å². The van der Waals surface area contributed by atoms with Crippen LogP contribution in [0.2, 0.25) is 0 Å². The molecule has 0 amide bonds. The average Bonchev–Trinajstić information content (AvgIpc) is 2.40. The summed E-state index contributed by atoms with van der Waals surface area (Å²) >= 11 is 8.98. The van der Waals surface area contributed by atoms with E-state index >= 15 is 0 Å². The fourth-order valence-electron chi connectivity index (χ4n) is 1.60. The van der Waals surface area contributed by atoms with E-state index in [4.69, 9.17) is 16.3 Å². The Morgan fingerprint density at radius 3 is 2.58 bits per heavy atom. The summed E-state index contributed by atoms with van der Waals surface area (Å²) in [6, 6.07) is 8.68. The first-order valence-corrected chi connectivity index (χ1v) is 6.84. The quantitative estimate of drug-likeness (QED) is 0.704. The number of ether oxygens (including phenoxy) is 1. The van der Waals surface area contributed by atoms with Crippen molar-refractivity contribution < 1.29 is 13.5 Å². The Bertz CT molecular complexity index is 590. The molecule has 0 N–H and O–H groups in total. The molecule has 2 aromatic rings. The van der Waals surface area contributed by atoms with Crippen molar-refractivity contribution in [2.24, 2.45) is 0 Å². The summed E-state index contributed by atoms with van der Waals surface area (Å²) < 4.78 is 32.8. The van der Waals surface area contributed by atoms with E-state index in [9.17, 15) is 8.78 Å². The van der Waals surface area contributed by atoms with Gasteiger partial charge in [0.15, 0.2) is 0 Å². The van der Waals surface area contributed by atoms with Crippen LogP contribution in [0, 0.1) is 11.6 Å². The predicted octanol–water partition coefficient (Wildman–Crippen LogP) is 5.05. The van der Waals surface area contributed by atoms with Gasteiger partial charge in [-0.05, 0) is 36.4 Å². The molecule has 0 aliphatic rings. The van der Waals surface area contributed by atoms with Gasteiger partial charge in [0.25, 0.3) is 0 Å². The minimum atomic E-state index is -0.378. The van der Waals surface area contributed by atoms with Crippen LogP contribution in [0.1, 0.15) is 11.1 Å². The molecule has 0 heterocycles. The van der Waals surface area contributed by atoms with Crippen LogP contribution >= 0.6 is 27.5 Å². The zero-order valence-electron chi connectivity index (χ0n) is 9.80. The van der Waals surface area contributed by atoms with Gasteiger partial charge in [0, 0.05) is 15.6 Å². The van der Waals surface area contributed by atoms with Gasteiger partial charge in [-0.2, -0.15) is 0 Å². The van der Waals surface area contributed by atoms with Crippen molar-refractivity contribution in [3.8, 4) is 5.75 Å². The van der Waals surface area contributed by atoms with E-state index in [2.05, 4.69) is 15.9 Å². The van der Waals surface area contributed by atoms with Gasteiger partial charge in [-0.15, -0.1) is 11.6 Å². The number of hydrogen-bond acceptors (Lipinski definition) is 1. The monoisotopic (exact) mass is 346 g/mol. The minimum absolute atomic E-state index is 0.0563. The lowest BCUT2D eigenvalue weighted by Crippen LogP contribution is -2.00. The van der Waals surface area contributed by atoms with Crippen molar-refractivity contribution >= 4 is 27.5 Å². The number of rotatable bonds is 4. The molecule has 19 heavy (non-hydrogen) atoms. The van der Waals surface area contributed by atoms with E-state index in [1.807, 2.05) is 0 Å². The van der Waals surface area contributed by atoms with E-state index in [1.54, 1.807) is 12.1 Å². The maximum absolute atomic E-state index is 13.5. The van der Waals surface area contributed by atoms with Gasteiger partial charge in [-0.1, -0.05) is 15.9 Å². The number of halogens is 4. The molecular formula is C14H10BrClF2O. The molecule has 100 valence electrons. The van der Waals surface area contributed by atoms with Gasteiger partial charge >= 0.3 is 0 Å². The normalized spacial score (nSPS) is 10.5. The van der Waals surface area contributed by atoms with Crippen LogP contribution in [0.5, 0.6) is 5.75 Å². The van der Waals surface area contributed by atoms with Crippen LogP contribution < -0.4 is 4.74 Å². The van der Waals surface area contributed by atoms with Gasteiger partial charge < -0.3 is 4.74 Å². The van der Waals surface area contributed by atoms with Crippen LogP contribution in [0.15, 0.2) is 40.9 Å². The van der Waals surface area contributed by atoms with Gasteiger partial charge in [-0.25, -0.2) is 8.78 Å². The molecule has 0 spiro atoms. The van der Waals surface area contributed by atoms with Crippen LogP contribution in [-0.2, 0) is 12.5 Å². The highest BCUT2D eigenvalue weighted by Gasteiger charge is 2.07. The third kappa shape index (κ3) is 3.67. The summed E-state index contributed by atoms with van der Waals surface area (Å²) in [5.41, 5.74) is 0.955. The molecule has 0 unspecified atom stereocenters. The molecular weight excluding hydrogens is 338 g/mol. The second kappa shape index (κ2) is 6.35. The first-order chi connectivity index (χ1) is 9.10. The Balaban J connectivity index is 2.16. The van der Waals surface area contributed by atoms with Crippen LogP contribution in [0.4, 0.5) is 8.78 Å². The summed E-state index contributed by atoms with van der Waals surface area (Å²) in [7, 11) is 0. The third-order valence-electron chi connectivity index (χ3n) is 2.56. The van der Waals surface area contributed by atoms with Crippen LogP contribution in [-0.4, -0.2) is 0 Å². The maximum Gasteiger partial charge on any atom is 0.129 e. The van der Waals surface area contributed by atoms with Gasteiger partial charge in [0.1, 0.15) is 24.0 Å². The molecule has 5 heteroatoms. The van der Waals surface area contributed by atoms with Crippen LogP contribution in [0.3, 0.4) is 0 Å². The van der Waals surface area contributed by atoms with Crippen molar-refractivity contribution in [1.29, 1.82) is 0 Å². The van der Waals surface area contributed by atoms with Crippen molar-refractivity contribution in [2.45, 2.75) is 12.5 Å². The molecule has 0 saturated carbocycles. The lowest BCUT2D eigenvalue weighted by atomic mass is 10.2. The first-order valence-electron chi connectivity index (χ1n) is 5.51. The molecule has 0 fully saturated rings. The first kappa shape index (κ1) is 14.3. The molecule has 0 radical (unpaired) electrons. The second-order valence-electron chi connectivity index (χ2n) is 3.91. The van der Waals surface area contributed by atoms with Crippen molar-refractivity contribution in [1.82, 2.24) is 0 Å². The Kier molecular flexibility index (Phi) is 4.77. The van der Waals surface area contributed by atoms with Crippen LogP contribution in [0.25, 0.3) is 0 Å². The minimum Gasteiger partial charge on any atom is -0.488 e. The Labute approximate surface area is 123 Å². The highest BCUT2D eigenvalue weighted by atomic mass is 79.9. The summed E-state index contributed by atoms with van der Waals surface area (Å²) in [5.74, 6) is -0.140. The molecule has 1 nitrogen and oxygen atoms in total. The van der Waals surface area contributed by atoms with Gasteiger partial charge in [0.2, 0.25) is 0 Å². The molecule has 0 aliphatic heterocycles. The lowest BCUT2D eigenvalue weighted by Gasteiger charge is -2.11. The lowest BCUT2D eigenvalue weighted by molar-refractivity contribution is 0.297. The Hall–Kier alpha value is -1.13. The fraction of sp³-hybridized carbons (Fsp3) is 0.143. The smallest absolute Gasteiger partial charge is 0.129 e. The molecule has 2 aromatic carbocycles. The highest BCUT2D eigenvalue weighted by Crippen LogP contribution is 2.24. The standard InChI is InChI=1S/C14H10BrClF2O/c15-11-1-3-13(18)10(5-11)8-19-14-4-2-12(17)6-9(14)7-16/h1-6H,7-8H2. The zero-order chi connectivity index (χ0) is 13.8. The predicted molar refractivity (Wildman–Crippen MR) is 74.4 cm³/mol. The fourth-order valence-corrected chi connectivity index (χ4v) is 2.22. The number of benzene rings is 2. The van der Waals surface area contributed by atoms with E-state index in [0.717, 1.165) is 4.47 Å². The summed E-state index contributed by atoms with van der Waals surface area (Å²) in [6.45, 7) is 0.0563. The highest BCUT2D eigenvalue weighted by molar-refractivity contribution is 9.10. The van der Waals surface area contributed by atoms with Gasteiger partial charge in [0.05, 0.1) is 5.88 Å². The summed E-state index contributed by atoms with van der Waals surface area (Å²) in [4.78, 5) is 0. The molecule has 2 rings (SSSR count). The Morgan fingerprint density at radius 2 is 1.84 bits per heavy atom. The largest absolute Gasteiger partial charge is 0.488 e. The maximum atomic E-state index is 13.5. The van der Waals surface area contributed by atoms with E-state index in [1.165, 1.54) is 24.3 Å². The van der Waals surface area contributed by atoms with E-state index < -0.39 is 0 Å². The average molecular weight is 348 g/mol. The third-order valence-corrected chi connectivity index (χ3v) is 3.34. The van der Waals surface area contributed by atoms with E-state index in [0.29, 0.717) is 16.9 Å². The molecule has 0 aromatic heterocycles. The van der Waals surface area contributed by atoms with Crippen molar-refractivity contribution in [3.63, 3.8) is 0 Å². The molecule has 0 aliphatic carbocycles. The molecule has 0 bridgehead atoms. The van der Waals surface area contributed by atoms with Crippen molar-refractivity contribution in [3.05, 3.63) is 63.6 Å². The van der Waals surface area contributed by atoms with Gasteiger partial charge in [-0.3, -0.25) is 0 Å². The zero-order valence-corrected chi connectivity index (χ0v) is 12.1. The second-order valence-corrected chi connectivity index (χ2v) is 5.09. The Morgan fingerprint density at radius 1 is 1.05 bits per heavy atom. The van der Waals surface area contributed by atoms with E-state index in [-0.39, 0.29) is 24.1 Å². The number of alkyl halides is 1. The summed E-state index contributed by atoms with van der Waals surface area (Å²) in [5, 5.41) is 0. The molecule has 0 atom stereocenters. The topological polar surface area (TPSA) is 9.23 Å². The SMILES string of the molecule is Fc1ccc(OCc2cc(Br)ccc2F)c(CCl)c1. The number of hydrogen-bond donors (Lipinski definition) is 0. The summed E-state index contributed by atoms with van der Waals surface area (Å²) in [6.07, 6.45) is 0. The molecule has 0 saturated heterocycles.